The van der Waals surface area contributed by atoms with E-state index >= 15 is 0 Å². The molecule has 0 radical (unpaired) electrons. The zero-order valence-corrected chi connectivity index (χ0v) is 26.4. The first kappa shape index (κ1) is 33.4. The highest BCUT2D eigenvalue weighted by atomic mass is 35.5. The van der Waals surface area contributed by atoms with Crippen LogP contribution in [-0.4, -0.2) is 39.6 Å². The van der Waals surface area contributed by atoms with Crippen LogP contribution in [0.25, 0.3) is 16.9 Å². The van der Waals surface area contributed by atoms with E-state index in [0.717, 1.165) is 36.9 Å². The number of para-hydroxylation sites is 1. The summed E-state index contributed by atoms with van der Waals surface area (Å²) in [6.45, 7) is 4.95. The third kappa shape index (κ3) is 11.3. The van der Waals surface area contributed by atoms with Crippen LogP contribution in [0.5, 0.6) is 0 Å². The molecule has 3 aromatic rings. The second kappa shape index (κ2) is 19.1. The minimum absolute atomic E-state index is 0.0191. The van der Waals surface area contributed by atoms with Crippen molar-refractivity contribution >= 4 is 29.2 Å². The molecule has 1 heterocycles. The van der Waals surface area contributed by atoms with Gasteiger partial charge in [-0.05, 0) is 25.0 Å². The minimum Gasteiger partial charge on any atom is -0.333 e. The van der Waals surface area contributed by atoms with Crippen molar-refractivity contribution in [3.05, 3.63) is 65.7 Å². The molecule has 1 N–H and O–H groups in total. The van der Waals surface area contributed by atoms with Crippen LogP contribution in [-0.2, 0) is 9.59 Å². The van der Waals surface area contributed by atoms with Crippen LogP contribution in [0.15, 0.2) is 60.7 Å². The predicted molar refractivity (Wildman–Crippen MR) is 175 cm³/mol. The SMILES string of the molecule is CCCCCCCCCCCCCC(=O)N(CCCC)CC(=O)Nc1cc(-c2ccccc2)nn1-c1ccccc1Cl. The van der Waals surface area contributed by atoms with E-state index in [-0.39, 0.29) is 18.4 Å². The standard InChI is InChI=1S/C35H49ClN4O2/c1-3-5-7-8-9-10-11-12-13-14-18-25-35(42)39(26-6-4-2)28-34(41)37-33-27-31(29-21-16-15-17-22-29)38-40(33)32-24-20-19-23-30(32)36/h15-17,19-24,27H,3-14,18,25-26,28H2,1-2H3,(H,37,41). The molecule has 0 fully saturated rings. The fourth-order valence-electron chi connectivity index (χ4n) is 5.12. The van der Waals surface area contributed by atoms with Gasteiger partial charge in [-0.1, -0.05) is 139 Å². The molecule has 0 aliphatic carbocycles. The number of amides is 2. The number of nitrogens with one attached hydrogen (secondary N) is 1. The molecule has 1 aromatic heterocycles. The molecule has 0 saturated heterocycles. The minimum atomic E-state index is -0.244. The van der Waals surface area contributed by atoms with Gasteiger partial charge in [-0.25, -0.2) is 4.68 Å². The van der Waals surface area contributed by atoms with E-state index in [9.17, 15) is 9.59 Å². The van der Waals surface area contributed by atoms with Gasteiger partial charge in [-0.15, -0.1) is 0 Å². The smallest absolute Gasteiger partial charge is 0.245 e. The summed E-state index contributed by atoms with van der Waals surface area (Å²) in [6, 6.07) is 19.1. The van der Waals surface area contributed by atoms with E-state index in [4.69, 9.17) is 16.7 Å². The van der Waals surface area contributed by atoms with E-state index in [0.29, 0.717) is 29.5 Å². The number of anilines is 1. The van der Waals surface area contributed by atoms with Crippen LogP contribution in [0.1, 0.15) is 104 Å². The monoisotopic (exact) mass is 592 g/mol. The lowest BCUT2D eigenvalue weighted by Gasteiger charge is -2.22. The first-order valence-corrected chi connectivity index (χ1v) is 16.4. The zero-order chi connectivity index (χ0) is 30.0. The molecular weight excluding hydrogens is 544 g/mol. The maximum atomic E-state index is 13.3. The van der Waals surface area contributed by atoms with E-state index in [1.807, 2.05) is 54.6 Å². The Morgan fingerprint density at radius 1 is 0.786 bits per heavy atom. The number of halogens is 1. The fraction of sp³-hybridized carbons (Fsp3) is 0.514. The molecule has 0 saturated carbocycles. The van der Waals surface area contributed by atoms with Crippen molar-refractivity contribution in [3.8, 4) is 16.9 Å². The average molecular weight is 593 g/mol. The first-order chi connectivity index (χ1) is 20.5. The molecule has 2 aromatic carbocycles. The molecule has 42 heavy (non-hydrogen) atoms. The first-order valence-electron chi connectivity index (χ1n) is 16.0. The number of benzene rings is 2. The highest BCUT2D eigenvalue weighted by Crippen LogP contribution is 2.28. The molecular formula is C35H49ClN4O2. The van der Waals surface area contributed by atoms with E-state index in [2.05, 4.69) is 19.2 Å². The molecule has 0 unspecified atom stereocenters. The van der Waals surface area contributed by atoms with Gasteiger partial charge in [0.2, 0.25) is 11.8 Å². The summed E-state index contributed by atoms with van der Waals surface area (Å²) in [5, 5.41) is 8.30. The second-order valence-corrected chi connectivity index (χ2v) is 11.6. The maximum Gasteiger partial charge on any atom is 0.245 e. The molecule has 3 rings (SSSR count). The number of unbranched alkanes of at least 4 members (excludes halogenated alkanes) is 11. The Hall–Kier alpha value is -3.12. The molecule has 0 bridgehead atoms. The molecule has 2 amide bonds. The lowest BCUT2D eigenvalue weighted by atomic mass is 10.1. The number of nitrogens with zero attached hydrogens (tertiary/aromatic N) is 3. The largest absolute Gasteiger partial charge is 0.333 e. The second-order valence-electron chi connectivity index (χ2n) is 11.1. The molecule has 0 atom stereocenters. The number of aromatic nitrogens is 2. The third-order valence-corrected chi connectivity index (χ3v) is 7.91. The summed E-state index contributed by atoms with van der Waals surface area (Å²) in [6.07, 6.45) is 16.0. The molecule has 6 nitrogen and oxygen atoms in total. The summed E-state index contributed by atoms with van der Waals surface area (Å²) >= 11 is 6.50. The van der Waals surface area contributed by atoms with Gasteiger partial charge in [0.15, 0.2) is 0 Å². The molecule has 228 valence electrons. The van der Waals surface area contributed by atoms with Crippen LogP contribution in [0, 0.1) is 0 Å². The normalized spacial score (nSPS) is 11.0. The highest BCUT2D eigenvalue weighted by Gasteiger charge is 2.20. The number of hydrogen-bond acceptors (Lipinski definition) is 3. The van der Waals surface area contributed by atoms with E-state index in [1.165, 1.54) is 57.8 Å². The number of rotatable bonds is 20. The Kier molecular flexibility index (Phi) is 15.2. The van der Waals surface area contributed by atoms with E-state index in [1.54, 1.807) is 15.6 Å². The van der Waals surface area contributed by atoms with Crippen LogP contribution >= 0.6 is 11.6 Å². The fourth-order valence-corrected chi connectivity index (χ4v) is 5.34. The van der Waals surface area contributed by atoms with Crippen LogP contribution < -0.4 is 5.32 Å². The topological polar surface area (TPSA) is 67.2 Å². The van der Waals surface area contributed by atoms with Gasteiger partial charge >= 0.3 is 0 Å². The van der Waals surface area contributed by atoms with Crippen molar-refractivity contribution in [1.82, 2.24) is 14.7 Å². The van der Waals surface area contributed by atoms with Crippen molar-refractivity contribution in [3.63, 3.8) is 0 Å². The maximum absolute atomic E-state index is 13.3. The van der Waals surface area contributed by atoms with Gasteiger partial charge in [-0.3, -0.25) is 9.59 Å². The number of carbonyl (C=O) groups excluding carboxylic acids is 2. The van der Waals surface area contributed by atoms with Crippen molar-refractivity contribution in [2.45, 2.75) is 104 Å². The molecule has 0 spiro atoms. The Labute approximate surface area is 257 Å². The molecule has 0 aliphatic heterocycles. The average Bonchev–Trinajstić information content (AvgIpc) is 3.41. The Morgan fingerprint density at radius 2 is 1.38 bits per heavy atom. The van der Waals surface area contributed by atoms with Crippen LogP contribution in [0.3, 0.4) is 0 Å². The van der Waals surface area contributed by atoms with Crippen molar-refractivity contribution in [2.24, 2.45) is 0 Å². The lowest BCUT2D eigenvalue weighted by Crippen LogP contribution is -2.38. The van der Waals surface area contributed by atoms with Crippen LogP contribution in [0.2, 0.25) is 5.02 Å². The Bertz CT molecular complexity index is 1210. The summed E-state index contributed by atoms with van der Waals surface area (Å²) in [5.41, 5.74) is 2.33. The quantitative estimate of drug-likeness (QED) is 0.133. The lowest BCUT2D eigenvalue weighted by molar-refractivity contribution is -0.134. The van der Waals surface area contributed by atoms with Gasteiger partial charge in [0, 0.05) is 24.6 Å². The van der Waals surface area contributed by atoms with Gasteiger partial charge in [0.1, 0.15) is 5.82 Å². The van der Waals surface area contributed by atoms with Gasteiger partial charge < -0.3 is 10.2 Å². The molecule has 0 aliphatic rings. The summed E-state index contributed by atoms with van der Waals surface area (Å²) in [5.74, 6) is 0.325. The van der Waals surface area contributed by atoms with Gasteiger partial charge in [0.05, 0.1) is 22.9 Å². The Morgan fingerprint density at radius 3 is 2.02 bits per heavy atom. The number of hydrogen-bond donors (Lipinski definition) is 1. The zero-order valence-electron chi connectivity index (χ0n) is 25.6. The summed E-state index contributed by atoms with van der Waals surface area (Å²) in [4.78, 5) is 28.1. The van der Waals surface area contributed by atoms with Crippen molar-refractivity contribution in [2.75, 3.05) is 18.4 Å². The highest BCUT2D eigenvalue weighted by molar-refractivity contribution is 6.32. The van der Waals surface area contributed by atoms with Crippen molar-refractivity contribution < 1.29 is 9.59 Å². The van der Waals surface area contributed by atoms with Crippen molar-refractivity contribution in [1.29, 1.82) is 0 Å². The van der Waals surface area contributed by atoms with Gasteiger partial charge in [-0.2, -0.15) is 5.10 Å². The number of carbonyl (C=O) groups is 2. The third-order valence-electron chi connectivity index (χ3n) is 7.59. The summed E-state index contributed by atoms with van der Waals surface area (Å²) < 4.78 is 1.66. The van der Waals surface area contributed by atoms with Crippen LogP contribution in [0.4, 0.5) is 5.82 Å². The van der Waals surface area contributed by atoms with Gasteiger partial charge in [0.25, 0.3) is 0 Å². The van der Waals surface area contributed by atoms with E-state index < -0.39 is 0 Å². The Balaban J connectivity index is 1.55. The molecule has 7 heteroatoms. The summed E-state index contributed by atoms with van der Waals surface area (Å²) in [7, 11) is 0. The predicted octanol–water partition coefficient (Wildman–Crippen LogP) is 9.46.